The van der Waals surface area contributed by atoms with Gasteiger partial charge < -0.3 is 39.0 Å². The average Bonchev–Trinajstić information content (AvgIpc) is 3.97. The summed E-state index contributed by atoms with van der Waals surface area (Å²) in [6, 6.07) is 11.3. The fraction of sp³-hybridized carbons (Fsp3) is 0.558. The molecule has 0 radical (unpaired) electrons. The van der Waals surface area contributed by atoms with Gasteiger partial charge in [0.2, 0.25) is 5.60 Å². The second kappa shape index (κ2) is 15.9. The maximum Gasteiger partial charge on any atom is 0.344 e. The van der Waals surface area contributed by atoms with Gasteiger partial charge in [0.15, 0.2) is 6.10 Å². The number of aromatic amines is 1. The number of ether oxygens (including phenoxy) is 4. The molecule has 2 bridgehead atoms. The lowest BCUT2D eigenvalue weighted by atomic mass is 9.47. The summed E-state index contributed by atoms with van der Waals surface area (Å²) in [4.78, 5) is 53.7. The molecule has 2 aromatic carbocycles. The number of nitrogens with one attached hydrogen (secondary N) is 1. The molecule has 10 rings (SSSR count). The maximum atomic E-state index is 15.6. The summed E-state index contributed by atoms with van der Waals surface area (Å²) in [6.07, 6.45) is 9.23. The average molecular weight is 907 g/mol. The number of rotatable bonds is 8. The van der Waals surface area contributed by atoms with E-state index in [2.05, 4.69) is 26.9 Å². The topological polar surface area (TPSA) is 154 Å². The Morgan fingerprint density at radius 1 is 0.939 bits per heavy atom. The number of hydrogen-bond donors (Lipinski definition) is 3. The maximum absolute atomic E-state index is 15.6. The van der Waals surface area contributed by atoms with Crippen LogP contribution in [0.2, 0.25) is 0 Å². The first-order valence-electron chi connectivity index (χ1n) is 23.6. The molecule has 1 spiro atoms. The second-order valence-electron chi connectivity index (χ2n) is 20.3. The molecule has 13 nitrogen and oxygen atoms in total. The normalized spacial score (nSPS) is 37.8. The Morgan fingerprint density at radius 3 is 2.41 bits per heavy atom. The van der Waals surface area contributed by atoms with E-state index in [1.54, 1.807) is 13.2 Å². The van der Waals surface area contributed by atoms with Crippen LogP contribution in [0.15, 0.2) is 78.0 Å². The van der Waals surface area contributed by atoms with Crippen molar-refractivity contribution in [3.8, 4) is 11.1 Å². The van der Waals surface area contributed by atoms with Crippen LogP contribution >= 0.6 is 0 Å². The van der Waals surface area contributed by atoms with Gasteiger partial charge in [0, 0.05) is 92.3 Å². The van der Waals surface area contributed by atoms with E-state index in [4.69, 9.17) is 18.9 Å². The van der Waals surface area contributed by atoms with Crippen LogP contribution in [0.25, 0.3) is 22.0 Å². The lowest BCUT2D eigenvalue weighted by Crippen LogP contribution is -2.79. The molecule has 14 heteroatoms. The Bertz CT molecular complexity index is 2590. The largest absolute Gasteiger partial charge is 0.468 e. The molecule has 3 saturated heterocycles. The second-order valence-corrected chi connectivity index (χ2v) is 20.3. The predicted molar refractivity (Wildman–Crippen MR) is 244 cm³/mol. The lowest BCUT2D eigenvalue weighted by molar-refractivity contribution is -0.243. The van der Waals surface area contributed by atoms with Crippen molar-refractivity contribution < 1.29 is 47.9 Å². The quantitative estimate of drug-likeness (QED) is 0.150. The van der Waals surface area contributed by atoms with Crippen LogP contribution in [0, 0.1) is 28.5 Å². The van der Waals surface area contributed by atoms with Gasteiger partial charge in [-0.1, -0.05) is 50.3 Å². The molecule has 3 unspecified atom stereocenters. The van der Waals surface area contributed by atoms with Gasteiger partial charge >= 0.3 is 17.9 Å². The van der Waals surface area contributed by atoms with Gasteiger partial charge in [0.1, 0.15) is 11.2 Å². The first-order valence-corrected chi connectivity index (χ1v) is 23.6. The molecular weight excluding hydrogens is 844 g/mol. The first-order chi connectivity index (χ1) is 31.6. The number of aliphatic hydroxyl groups is 2. The number of nitrogens with zero attached hydrogens (tertiary/aromatic N) is 3. The number of likely N-dealkylation sites (tertiary alicyclic amines) is 1. The van der Waals surface area contributed by atoms with Crippen LogP contribution in [0.1, 0.15) is 64.1 Å². The van der Waals surface area contributed by atoms with Gasteiger partial charge in [-0.05, 0) is 104 Å². The van der Waals surface area contributed by atoms with Crippen molar-refractivity contribution in [3.63, 3.8) is 0 Å². The van der Waals surface area contributed by atoms with E-state index < -0.39 is 69.5 Å². The smallest absolute Gasteiger partial charge is 0.344 e. The van der Waals surface area contributed by atoms with Crippen molar-refractivity contribution in [3.05, 3.63) is 95.1 Å². The van der Waals surface area contributed by atoms with Gasteiger partial charge in [-0.15, -0.1) is 0 Å². The van der Waals surface area contributed by atoms with Gasteiger partial charge in [-0.2, -0.15) is 0 Å². The predicted octanol–water partition coefficient (Wildman–Crippen LogP) is 5.44. The van der Waals surface area contributed by atoms with Crippen molar-refractivity contribution in [2.45, 2.75) is 100 Å². The molecule has 66 heavy (non-hydrogen) atoms. The van der Waals surface area contributed by atoms with Crippen LogP contribution in [0.4, 0.5) is 4.39 Å². The minimum atomic E-state index is -2.32. The van der Waals surface area contributed by atoms with Gasteiger partial charge in [0.05, 0.1) is 32.0 Å². The molecule has 7 aliphatic rings. The molecule has 6 heterocycles. The summed E-state index contributed by atoms with van der Waals surface area (Å²) in [5.74, 6) is -3.11. The van der Waals surface area contributed by atoms with E-state index in [0.29, 0.717) is 71.2 Å². The number of fused-ring (bicyclic) bond motifs is 6. The number of likely N-dealkylation sites (N-methyl/N-ethyl adjacent to an activating group) is 1. The van der Waals surface area contributed by atoms with Crippen molar-refractivity contribution >= 4 is 28.8 Å². The number of hydrogen-bond acceptors (Lipinski definition) is 12. The highest BCUT2D eigenvalue weighted by Gasteiger charge is 2.81. The fourth-order valence-corrected chi connectivity index (χ4v) is 14.8. The SMILES string of the molecule is CC[C@]1(O)C[C@H]2CN(CCc3c([nH]c4ccc(-c5cccc(F)c5)cc34)[C@@](C(=O)OC)(C3C=C4C(=CC3OC)N(C)[C@H]3[C@@](O)(C(=O)OC)[C@H](OC(C)=O)[C@]5(CC)C=CCN6CC[C@]43[C@@H]65)C2)C1. The number of H-pyrrole nitrogens is 1. The van der Waals surface area contributed by atoms with Gasteiger partial charge in [-0.25, -0.2) is 9.18 Å². The number of esters is 3. The molecule has 2 aliphatic carbocycles. The molecule has 1 saturated carbocycles. The van der Waals surface area contributed by atoms with E-state index in [9.17, 15) is 24.2 Å². The summed E-state index contributed by atoms with van der Waals surface area (Å²) in [7, 11) is 6.19. The molecule has 1 aromatic heterocycles. The van der Waals surface area contributed by atoms with E-state index in [1.165, 1.54) is 33.3 Å². The molecular formula is C52H63FN4O9. The summed E-state index contributed by atoms with van der Waals surface area (Å²) >= 11 is 0. The molecule has 12 atom stereocenters. The van der Waals surface area contributed by atoms with Crippen molar-refractivity contribution in [1.82, 2.24) is 19.7 Å². The van der Waals surface area contributed by atoms with E-state index in [1.807, 2.05) is 62.2 Å². The number of allylic oxidation sites excluding steroid dienone is 1. The highest BCUT2D eigenvalue weighted by atomic mass is 19.1. The van der Waals surface area contributed by atoms with Crippen LogP contribution < -0.4 is 0 Å². The highest BCUT2D eigenvalue weighted by molar-refractivity contribution is 5.94. The van der Waals surface area contributed by atoms with E-state index in [0.717, 1.165) is 44.6 Å². The zero-order valence-electron chi connectivity index (χ0n) is 39.1. The van der Waals surface area contributed by atoms with E-state index >= 15 is 4.79 Å². The minimum Gasteiger partial charge on any atom is -0.468 e. The van der Waals surface area contributed by atoms with Gasteiger partial charge in [0.25, 0.3) is 0 Å². The lowest BCUT2D eigenvalue weighted by Gasteiger charge is -2.63. The third kappa shape index (κ3) is 6.09. The van der Waals surface area contributed by atoms with Crippen LogP contribution in [-0.4, -0.2) is 144 Å². The number of piperidine rings is 1. The third-order valence-corrected chi connectivity index (χ3v) is 17.3. The summed E-state index contributed by atoms with van der Waals surface area (Å²) in [5, 5.41) is 26.5. The Kier molecular flexibility index (Phi) is 10.8. The van der Waals surface area contributed by atoms with Crippen LogP contribution in [-0.2, 0) is 45.2 Å². The molecule has 5 aliphatic heterocycles. The third-order valence-electron chi connectivity index (χ3n) is 17.3. The number of methoxy groups -OCH3 is 3. The standard InChI is InChI=1S/C52H63FN4O9/c1-8-48(61)26-31-27-51(46(59)64-6,42-35(16-20-56(28-31)29-48)36-23-33(14-15-39(36)54-42)32-12-10-13-34(53)22-32)38-24-37-40(25-41(38)63-5)55(4)44-50(37)18-21-57-19-11-17-49(9-2,43(50)57)45(66-30(3)58)52(44,62)47(60)65-7/h10-15,17,22-25,31,38,41,43-45,54,61-62H,8-9,16,18-21,26-29H2,1-7H3/t31-,38?,41?,43+,44-,45-,48+,49-,50-,51+,52+/m1/s1. The number of aromatic nitrogens is 1. The minimum absolute atomic E-state index is 0.136. The summed E-state index contributed by atoms with van der Waals surface area (Å²) in [5.41, 5.74) is -0.945. The highest BCUT2D eigenvalue weighted by Crippen LogP contribution is 2.70. The summed E-state index contributed by atoms with van der Waals surface area (Å²) < 4.78 is 38.9. The number of halogens is 1. The number of carbonyl (C=O) groups is 3. The Morgan fingerprint density at radius 2 is 1.71 bits per heavy atom. The Labute approximate surface area is 385 Å². The first kappa shape index (κ1) is 44.9. The van der Waals surface area contributed by atoms with E-state index in [-0.39, 0.29) is 17.8 Å². The zero-order valence-corrected chi connectivity index (χ0v) is 39.1. The molecule has 4 fully saturated rings. The Balaban J connectivity index is 1.25. The number of carbonyl (C=O) groups excluding carboxylic acids is 3. The molecule has 352 valence electrons. The number of benzene rings is 2. The monoisotopic (exact) mass is 906 g/mol. The van der Waals surface area contributed by atoms with Gasteiger partial charge in [-0.3, -0.25) is 19.4 Å². The fourth-order valence-electron chi connectivity index (χ4n) is 14.8. The van der Waals surface area contributed by atoms with Crippen molar-refractivity contribution in [2.75, 3.05) is 61.1 Å². The van der Waals surface area contributed by atoms with Crippen LogP contribution in [0.5, 0.6) is 0 Å². The molecule has 3 aromatic rings. The van der Waals surface area contributed by atoms with Crippen molar-refractivity contribution in [1.29, 1.82) is 0 Å². The molecule has 3 N–H and O–H groups in total. The summed E-state index contributed by atoms with van der Waals surface area (Å²) in [6.45, 7) is 8.41. The van der Waals surface area contributed by atoms with Crippen molar-refractivity contribution in [2.24, 2.45) is 22.7 Å². The zero-order chi connectivity index (χ0) is 46.7. The molecule has 0 amide bonds. The Hall–Kier alpha value is -4.86. The van der Waals surface area contributed by atoms with Crippen LogP contribution in [0.3, 0.4) is 0 Å².